The second kappa shape index (κ2) is 11.6. The lowest BCUT2D eigenvalue weighted by molar-refractivity contribution is -0.138. The van der Waals surface area contributed by atoms with E-state index in [-0.39, 0.29) is 24.5 Å². The van der Waals surface area contributed by atoms with Crippen LogP contribution in [0.1, 0.15) is 57.3 Å². The SMILES string of the molecule is CC(C)(C)OC(=O)N1CCN(C(=O)OC[C@H]2CC[C@@H]3[C@H](O2)c2cc(C(F)(F)F)ccc2N[C@H]3C2C=CC=CC2)CC1. The number of allylic oxidation sites excluding steroid dienone is 3. The van der Waals surface area contributed by atoms with Gasteiger partial charge in [0.25, 0.3) is 0 Å². The minimum atomic E-state index is -4.46. The average molecular weight is 578 g/mol. The molecule has 8 nitrogen and oxygen atoms in total. The molecule has 1 unspecified atom stereocenters. The summed E-state index contributed by atoms with van der Waals surface area (Å²) in [7, 11) is 0. The van der Waals surface area contributed by atoms with Crippen LogP contribution in [0, 0.1) is 11.8 Å². The number of halogens is 3. The van der Waals surface area contributed by atoms with Crippen LogP contribution in [0.25, 0.3) is 0 Å². The number of carbonyl (C=O) groups excluding carboxylic acids is 2. The number of carbonyl (C=O) groups is 2. The molecule has 4 aliphatic rings. The van der Waals surface area contributed by atoms with Gasteiger partial charge in [-0.1, -0.05) is 24.3 Å². The average Bonchev–Trinajstić information content (AvgIpc) is 2.94. The molecule has 1 aromatic carbocycles. The Hall–Kier alpha value is -3.21. The number of nitrogens with one attached hydrogen (secondary N) is 1. The van der Waals surface area contributed by atoms with Crippen LogP contribution >= 0.6 is 0 Å². The summed E-state index contributed by atoms with van der Waals surface area (Å²) in [5.41, 5.74) is -0.170. The van der Waals surface area contributed by atoms with E-state index in [0.29, 0.717) is 43.9 Å². The van der Waals surface area contributed by atoms with Crippen LogP contribution in [0.15, 0.2) is 42.5 Å². The fourth-order valence-corrected chi connectivity index (χ4v) is 6.04. The summed E-state index contributed by atoms with van der Waals surface area (Å²) in [6.07, 6.45) is 4.08. The number of ether oxygens (including phenoxy) is 3. The van der Waals surface area contributed by atoms with Crippen molar-refractivity contribution in [2.24, 2.45) is 11.8 Å². The molecule has 1 aliphatic carbocycles. The van der Waals surface area contributed by atoms with E-state index in [0.717, 1.165) is 18.9 Å². The van der Waals surface area contributed by atoms with E-state index in [1.54, 1.807) is 30.6 Å². The highest BCUT2D eigenvalue weighted by Crippen LogP contribution is 2.49. The number of anilines is 1. The lowest BCUT2D eigenvalue weighted by atomic mass is 9.73. The van der Waals surface area contributed by atoms with E-state index >= 15 is 0 Å². The van der Waals surface area contributed by atoms with Crippen LogP contribution in [0.5, 0.6) is 0 Å². The van der Waals surface area contributed by atoms with Gasteiger partial charge in [-0.3, -0.25) is 0 Å². The number of nitrogens with zero attached hydrogens (tertiary/aromatic N) is 2. The van der Waals surface area contributed by atoms with Gasteiger partial charge in [0.1, 0.15) is 12.2 Å². The molecule has 5 atom stereocenters. The summed E-state index contributed by atoms with van der Waals surface area (Å²) >= 11 is 0. The van der Waals surface area contributed by atoms with Gasteiger partial charge in [-0.2, -0.15) is 13.2 Å². The Bertz CT molecular complexity index is 1190. The summed E-state index contributed by atoms with van der Waals surface area (Å²) in [4.78, 5) is 28.2. The Morgan fingerprint density at radius 3 is 2.37 bits per heavy atom. The number of piperazine rings is 1. The van der Waals surface area contributed by atoms with Gasteiger partial charge in [-0.25, -0.2) is 9.59 Å². The molecule has 0 radical (unpaired) electrons. The Labute approximate surface area is 238 Å². The second-order valence-electron chi connectivity index (χ2n) is 12.1. The Balaban J connectivity index is 1.22. The molecule has 41 heavy (non-hydrogen) atoms. The maximum atomic E-state index is 13.6. The lowest BCUT2D eigenvalue weighted by Gasteiger charge is -2.47. The van der Waals surface area contributed by atoms with E-state index < -0.39 is 41.7 Å². The molecule has 3 heterocycles. The summed E-state index contributed by atoms with van der Waals surface area (Å²) < 4.78 is 58.2. The van der Waals surface area contributed by atoms with Crippen molar-refractivity contribution in [1.82, 2.24) is 9.80 Å². The van der Waals surface area contributed by atoms with Crippen molar-refractivity contribution >= 4 is 17.9 Å². The molecule has 2 amide bonds. The van der Waals surface area contributed by atoms with Gasteiger partial charge in [0.05, 0.1) is 17.8 Å². The smallest absolute Gasteiger partial charge is 0.416 e. The van der Waals surface area contributed by atoms with E-state index in [2.05, 4.69) is 17.5 Å². The van der Waals surface area contributed by atoms with Crippen LogP contribution in [0.3, 0.4) is 0 Å². The number of amides is 2. The van der Waals surface area contributed by atoms with Crippen LogP contribution in [-0.4, -0.2) is 72.5 Å². The van der Waals surface area contributed by atoms with Gasteiger partial charge in [0.2, 0.25) is 0 Å². The molecule has 1 N–H and O–H groups in total. The van der Waals surface area contributed by atoms with Crippen molar-refractivity contribution in [2.75, 3.05) is 38.1 Å². The van der Waals surface area contributed by atoms with Crippen molar-refractivity contribution in [3.05, 3.63) is 53.6 Å². The zero-order valence-electron chi connectivity index (χ0n) is 23.7. The third-order valence-electron chi connectivity index (χ3n) is 8.08. The van der Waals surface area contributed by atoms with E-state index in [4.69, 9.17) is 14.2 Å². The molecular weight excluding hydrogens is 539 g/mol. The van der Waals surface area contributed by atoms with Crippen LogP contribution in [0.2, 0.25) is 0 Å². The molecule has 5 rings (SSSR count). The quantitative estimate of drug-likeness (QED) is 0.464. The maximum Gasteiger partial charge on any atom is 0.416 e. The molecule has 2 fully saturated rings. The van der Waals surface area contributed by atoms with Crippen molar-refractivity contribution < 1.29 is 37.0 Å². The van der Waals surface area contributed by atoms with Crippen molar-refractivity contribution in [3.63, 3.8) is 0 Å². The van der Waals surface area contributed by atoms with E-state index in [1.807, 2.05) is 12.2 Å². The number of hydrogen-bond acceptors (Lipinski definition) is 6. The van der Waals surface area contributed by atoms with Gasteiger partial charge < -0.3 is 29.3 Å². The lowest BCUT2D eigenvalue weighted by Crippen LogP contribution is -2.52. The Kier molecular flexibility index (Phi) is 8.27. The highest BCUT2D eigenvalue weighted by molar-refractivity contribution is 5.70. The third kappa shape index (κ3) is 6.82. The van der Waals surface area contributed by atoms with Crippen molar-refractivity contribution in [2.45, 2.75) is 70.1 Å². The minimum absolute atomic E-state index is 0.00674. The number of rotatable bonds is 3. The molecule has 0 bridgehead atoms. The summed E-state index contributed by atoms with van der Waals surface area (Å²) in [5, 5.41) is 3.52. The number of hydrogen-bond donors (Lipinski definition) is 1. The topological polar surface area (TPSA) is 80.3 Å². The molecule has 11 heteroatoms. The highest BCUT2D eigenvalue weighted by Gasteiger charge is 2.45. The minimum Gasteiger partial charge on any atom is -0.447 e. The van der Waals surface area contributed by atoms with E-state index in [1.165, 1.54) is 12.1 Å². The predicted molar refractivity (Wildman–Crippen MR) is 146 cm³/mol. The molecule has 224 valence electrons. The van der Waals surface area contributed by atoms with Crippen LogP contribution < -0.4 is 5.32 Å². The van der Waals surface area contributed by atoms with Gasteiger partial charge in [0.15, 0.2) is 0 Å². The summed E-state index contributed by atoms with van der Waals surface area (Å²) in [6.45, 7) is 6.73. The number of alkyl halides is 3. The van der Waals surface area contributed by atoms with Crippen molar-refractivity contribution in [1.29, 1.82) is 0 Å². The van der Waals surface area contributed by atoms with Crippen LogP contribution in [-0.2, 0) is 20.4 Å². The first kappa shape index (κ1) is 29.3. The summed E-state index contributed by atoms with van der Waals surface area (Å²) in [6, 6.07) is 3.79. The molecule has 2 saturated heterocycles. The van der Waals surface area contributed by atoms with Crippen molar-refractivity contribution in [3.8, 4) is 0 Å². The Morgan fingerprint density at radius 1 is 1.02 bits per heavy atom. The maximum absolute atomic E-state index is 13.6. The zero-order valence-corrected chi connectivity index (χ0v) is 23.7. The fourth-order valence-electron chi connectivity index (χ4n) is 6.04. The van der Waals surface area contributed by atoms with Crippen LogP contribution in [0.4, 0.5) is 28.4 Å². The van der Waals surface area contributed by atoms with Gasteiger partial charge in [-0.15, -0.1) is 0 Å². The molecule has 0 spiro atoms. The van der Waals surface area contributed by atoms with Gasteiger partial charge in [0, 0.05) is 55.3 Å². The third-order valence-corrected chi connectivity index (χ3v) is 8.08. The van der Waals surface area contributed by atoms with E-state index in [9.17, 15) is 22.8 Å². The Morgan fingerprint density at radius 2 is 1.73 bits per heavy atom. The first-order valence-corrected chi connectivity index (χ1v) is 14.2. The molecule has 3 aliphatic heterocycles. The second-order valence-corrected chi connectivity index (χ2v) is 12.1. The molecule has 1 aromatic rings. The molecule has 0 saturated carbocycles. The number of benzene rings is 1. The fraction of sp³-hybridized carbons (Fsp3) is 0.600. The summed E-state index contributed by atoms with van der Waals surface area (Å²) in [5.74, 6) is 0.167. The predicted octanol–water partition coefficient (Wildman–Crippen LogP) is 6.16. The van der Waals surface area contributed by atoms with Gasteiger partial charge in [-0.05, 0) is 58.2 Å². The zero-order chi connectivity index (χ0) is 29.4. The molecular formula is C30H38F3N3O5. The molecule has 0 aromatic heterocycles. The van der Waals surface area contributed by atoms with Gasteiger partial charge >= 0.3 is 18.4 Å². The monoisotopic (exact) mass is 577 g/mol. The highest BCUT2D eigenvalue weighted by atomic mass is 19.4. The standard InChI is InChI=1S/C30H38F3N3O5/c1-29(2,3)41-28(38)36-15-13-35(14-16-36)27(37)39-18-21-10-11-22-25(19-7-5-4-6-8-19)34-24-12-9-20(30(31,32)33)17-23(24)26(22)40-21/h4-7,9,12,17,19,21-22,25-26,34H,8,10-11,13-16,18H2,1-3H3/t19?,21-,22+,25+,26+/m1/s1. The largest absolute Gasteiger partial charge is 0.447 e. The normalized spacial score (nSPS) is 27.9. The first-order valence-electron chi connectivity index (χ1n) is 14.2. The number of fused-ring (bicyclic) bond motifs is 3. The first-order chi connectivity index (χ1) is 19.4.